The number of rotatable bonds is 7. The Morgan fingerprint density at radius 3 is 2.77 bits per heavy atom. The highest BCUT2D eigenvalue weighted by Crippen LogP contribution is 2.31. The summed E-state index contributed by atoms with van der Waals surface area (Å²) < 4.78 is 27.8. The Labute approximate surface area is 137 Å². The van der Waals surface area contributed by atoms with Crippen LogP contribution >= 0.6 is 11.6 Å². The summed E-state index contributed by atoms with van der Waals surface area (Å²) in [5.41, 5.74) is 1.66. The van der Waals surface area contributed by atoms with Crippen molar-refractivity contribution in [3.63, 3.8) is 0 Å². The molecule has 22 heavy (non-hydrogen) atoms. The van der Waals surface area contributed by atoms with Crippen LogP contribution in [0.1, 0.15) is 25.7 Å². The second-order valence-corrected chi connectivity index (χ2v) is 6.27. The molecule has 7 heteroatoms. The van der Waals surface area contributed by atoms with E-state index in [-0.39, 0.29) is 12.6 Å². The summed E-state index contributed by atoms with van der Waals surface area (Å²) in [6.07, 6.45) is 5.29. The van der Waals surface area contributed by atoms with E-state index in [1.165, 1.54) is 4.31 Å². The maximum absolute atomic E-state index is 11.8. The Morgan fingerprint density at radius 1 is 1.41 bits per heavy atom. The predicted octanol–water partition coefficient (Wildman–Crippen LogP) is 3.33. The standard InChI is InChI=1S/C15H18ClNO4S/c16-13-5-7-14(8-6-13)17(22(19)20)15-4-2-1-3-12(15)9-10-21-11-18/h3,5-8,11,15H,1-2,4,9-10H2,(H,19,20). The molecule has 120 valence electrons. The maximum atomic E-state index is 11.8. The Kier molecular flexibility index (Phi) is 6.42. The van der Waals surface area contributed by atoms with Crippen molar-refractivity contribution in [2.45, 2.75) is 31.7 Å². The fourth-order valence-corrected chi connectivity index (χ4v) is 3.54. The molecule has 0 saturated carbocycles. The first-order chi connectivity index (χ1) is 10.6. The monoisotopic (exact) mass is 343 g/mol. The zero-order valence-electron chi connectivity index (χ0n) is 12.0. The third-order valence-electron chi connectivity index (χ3n) is 3.63. The summed E-state index contributed by atoms with van der Waals surface area (Å²) in [4.78, 5) is 10.3. The second kappa shape index (κ2) is 8.31. The lowest BCUT2D eigenvalue weighted by Crippen LogP contribution is -2.39. The van der Waals surface area contributed by atoms with Crippen molar-refractivity contribution in [1.82, 2.24) is 0 Å². The number of halogens is 1. The van der Waals surface area contributed by atoms with E-state index in [2.05, 4.69) is 6.08 Å². The van der Waals surface area contributed by atoms with E-state index >= 15 is 0 Å². The lowest BCUT2D eigenvalue weighted by Gasteiger charge is -2.34. The highest BCUT2D eigenvalue weighted by atomic mass is 35.5. The third-order valence-corrected chi connectivity index (χ3v) is 4.68. The van der Waals surface area contributed by atoms with Crippen LogP contribution < -0.4 is 4.31 Å². The summed E-state index contributed by atoms with van der Waals surface area (Å²) in [6, 6.07) is 6.66. The summed E-state index contributed by atoms with van der Waals surface area (Å²) in [5, 5.41) is 0.575. The van der Waals surface area contributed by atoms with Gasteiger partial charge in [-0.25, -0.2) is 4.21 Å². The zero-order valence-corrected chi connectivity index (χ0v) is 13.6. The minimum absolute atomic E-state index is 0.184. The number of hydrogen-bond acceptors (Lipinski definition) is 3. The van der Waals surface area contributed by atoms with Crippen molar-refractivity contribution in [3.05, 3.63) is 40.9 Å². The van der Waals surface area contributed by atoms with Gasteiger partial charge in [0, 0.05) is 11.4 Å². The van der Waals surface area contributed by atoms with Crippen molar-refractivity contribution in [1.29, 1.82) is 0 Å². The van der Waals surface area contributed by atoms with Crippen LogP contribution in [0.15, 0.2) is 35.9 Å². The van der Waals surface area contributed by atoms with Crippen molar-refractivity contribution < 1.29 is 18.3 Å². The molecule has 1 aromatic carbocycles. The molecule has 1 aromatic rings. The molecule has 1 N–H and O–H groups in total. The van der Waals surface area contributed by atoms with E-state index in [1.54, 1.807) is 24.3 Å². The number of anilines is 1. The van der Waals surface area contributed by atoms with Gasteiger partial charge in [-0.3, -0.25) is 13.7 Å². The van der Waals surface area contributed by atoms with Crippen LogP contribution in [0.25, 0.3) is 0 Å². The first-order valence-corrected chi connectivity index (χ1v) is 8.47. The van der Waals surface area contributed by atoms with Crippen molar-refractivity contribution in [2.24, 2.45) is 0 Å². The number of carbonyl (C=O) groups excluding carboxylic acids is 1. The quantitative estimate of drug-likeness (QED) is 0.357. The summed E-state index contributed by atoms with van der Waals surface area (Å²) >= 11 is 3.73. The summed E-state index contributed by atoms with van der Waals surface area (Å²) in [6.45, 7) is 0.692. The predicted molar refractivity (Wildman–Crippen MR) is 87.1 cm³/mol. The maximum Gasteiger partial charge on any atom is 0.293 e. The number of allylic oxidation sites excluding steroid dienone is 1. The molecule has 0 amide bonds. The van der Waals surface area contributed by atoms with E-state index in [0.717, 1.165) is 24.8 Å². The molecule has 0 heterocycles. The average molecular weight is 344 g/mol. The number of benzene rings is 1. The van der Waals surface area contributed by atoms with Gasteiger partial charge in [0.1, 0.15) is 0 Å². The molecule has 0 spiro atoms. The van der Waals surface area contributed by atoms with Crippen LogP contribution in [0.5, 0.6) is 0 Å². The minimum Gasteiger partial charge on any atom is -0.468 e. The van der Waals surface area contributed by atoms with Crippen LogP contribution in [0, 0.1) is 0 Å². The molecule has 2 unspecified atom stereocenters. The molecule has 0 saturated heterocycles. The van der Waals surface area contributed by atoms with Crippen LogP contribution in [-0.2, 0) is 20.8 Å². The molecule has 0 aromatic heterocycles. The fourth-order valence-electron chi connectivity index (χ4n) is 2.65. The third kappa shape index (κ3) is 4.32. The second-order valence-electron chi connectivity index (χ2n) is 4.98. The van der Waals surface area contributed by atoms with Crippen molar-refractivity contribution in [3.8, 4) is 0 Å². The van der Waals surface area contributed by atoms with Crippen molar-refractivity contribution >= 4 is 35.0 Å². The number of hydrogen-bond donors (Lipinski definition) is 1. The van der Waals surface area contributed by atoms with E-state index < -0.39 is 11.3 Å². The van der Waals surface area contributed by atoms with Gasteiger partial charge in [-0.2, -0.15) is 0 Å². The Bertz CT molecular complexity index is 561. The molecule has 0 aliphatic heterocycles. The lowest BCUT2D eigenvalue weighted by molar-refractivity contribution is -0.128. The van der Waals surface area contributed by atoms with Gasteiger partial charge in [0.05, 0.1) is 18.3 Å². The van der Waals surface area contributed by atoms with Crippen LogP contribution in [0.4, 0.5) is 5.69 Å². The lowest BCUT2D eigenvalue weighted by atomic mass is 9.92. The minimum atomic E-state index is -2.15. The highest BCUT2D eigenvalue weighted by molar-refractivity contribution is 7.80. The van der Waals surface area contributed by atoms with E-state index in [4.69, 9.17) is 16.3 Å². The van der Waals surface area contributed by atoms with Gasteiger partial charge in [0.15, 0.2) is 0 Å². The van der Waals surface area contributed by atoms with E-state index in [1.807, 2.05) is 0 Å². The first kappa shape index (κ1) is 17.0. The highest BCUT2D eigenvalue weighted by Gasteiger charge is 2.28. The summed E-state index contributed by atoms with van der Waals surface area (Å²) in [7, 11) is 0. The topological polar surface area (TPSA) is 66.8 Å². The van der Waals surface area contributed by atoms with Gasteiger partial charge in [-0.1, -0.05) is 17.7 Å². The zero-order chi connectivity index (χ0) is 15.9. The molecular formula is C15H18ClNO4S. The van der Waals surface area contributed by atoms with Crippen LogP contribution in [0.3, 0.4) is 0 Å². The molecule has 0 fully saturated rings. The molecule has 2 atom stereocenters. The fraction of sp³-hybridized carbons (Fsp3) is 0.400. The van der Waals surface area contributed by atoms with Gasteiger partial charge in [-0.15, -0.1) is 0 Å². The molecule has 1 aliphatic rings. The van der Waals surface area contributed by atoms with Gasteiger partial charge in [0.25, 0.3) is 17.7 Å². The average Bonchev–Trinajstić information content (AvgIpc) is 2.51. The molecule has 0 bridgehead atoms. The van der Waals surface area contributed by atoms with E-state index in [0.29, 0.717) is 23.6 Å². The van der Waals surface area contributed by atoms with Crippen LogP contribution in [-0.4, -0.2) is 27.9 Å². The van der Waals surface area contributed by atoms with E-state index in [9.17, 15) is 13.6 Å². The number of carbonyl (C=O) groups is 1. The SMILES string of the molecule is O=COCCC1=CCCCC1N(c1ccc(Cl)cc1)S(=O)O. The molecular weight excluding hydrogens is 326 g/mol. The van der Waals surface area contributed by atoms with Crippen LogP contribution in [0.2, 0.25) is 5.02 Å². The molecule has 1 aliphatic carbocycles. The number of nitrogens with zero attached hydrogens (tertiary/aromatic N) is 1. The Hall–Kier alpha value is -1.37. The van der Waals surface area contributed by atoms with Gasteiger partial charge >= 0.3 is 0 Å². The van der Waals surface area contributed by atoms with Gasteiger partial charge < -0.3 is 4.74 Å². The largest absolute Gasteiger partial charge is 0.468 e. The molecule has 0 radical (unpaired) electrons. The van der Waals surface area contributed by atoms with Gasteiger partial charge in [-0.05, 0) is 49.1 Å². The first-order valence-electron chi connectivity index (χ1n) is 7.03. The Morgan fingerprint density at radius 2 is 2.14 bits per heavy atom. The smallest absolute Gasteiger partial charge is 0.293 e. The normalized spacial score (nSPS) is 19.2. The molecule has 2 rings (SSSR count). The Balaban J connectivity index is 2.23. The van der Waals surface area contributed by atoms with Gasteiger partial charge in [0.2, 0.25) is 0 Å². The molecule has 5 nitrogen and oxygen atoms in total. The number of ether oxygens (including phenoxy) is 1. The summed E-state index contributed by atoms with van der Waals surface area (Å²) in [5.74, 6) is 0. The van der Waals surface area contributed by atoms with Crippen molar-refractivity contribution in [2.75, 3.05) is 10.9 Å².